The summed E-state index contributed by atoms with van der Waals surface area (Å²) >= 11 is 0. The quantitative estimate of drug-likeness (QED) is 0.678. The molecule has 136 valence electrons. The predicted molar refractivity (Wildman–Crippen MR) is 102 cm³/mol. The van der Waals surface area contributed by atoms with Gasteiger partial charge in [0.1, 0.15) is 0 Å². The van der Waals surface area contributed by atoms with Crippen molar-refractivity contribution in [1.82, 2.24) is 20.6 Å². The molecule has 3 rings (SSSR count). The first-order valence-electron chi connectivity index (χ1n) is 8.66. The smallest absolute Gasteiger partial charge is 0.253 e. The molecule has 0 fully saturated rings. The van der Waals surface area contributed by atoms with Gasteiger partial charge in [0.2, 0.25) is 0 Å². The van der Waals surface area contributed by atoms with Gasteiger partial charge in [0.25, 0.3) is 11.8 Å². The van der Waals surface area contributed by atoms with Crippen LogP contribution in [0.4, 0.5) is 0 Å². The molecule has 3 aromatic rings. The molecule has 0 radical (unpaired) electrons. The lowest BCUT2D eigenvalue weighted by atomic mass is 10.1. The Hall–Kier alpha value is -3.54. The Balaban J connectivity index is 1.54. The fourth-order valence-corrected chi connectivity index (χ4v) is 2.54. The number of hydrogen-bond donors (Lipinski definition) is 2. The molecule has 6 nitrogen and oxygen atoms in total. The highest BCUT2D eigenvalue weighted by molar-refractivity contribution is 5.99. The Morgan fingerprint density at radius 2 is 1.44 bits per heavy atom. The first kappa shape index (κ1) is 18.3. The van der Waals surface area contributed by atoms with Crippen molar-refractivity contribution in [3.8, 4) is 0 Å². The van der Waals surface area contributed by atoms with Gasteiger partial charge < -0.3 is 10.6 Å². The molecule has 0 saturated heterocycles. The van der Waals surface area contributed by atoms with Gasteiger partial charge in [-0.05, 0) is 35.7 Å². The number of carbonyl (C=O) groups is 2. The molecule has 0 aliphatic rings. The molecule has 27 heavy (non-hydrogen) atoms. The number of nitrogens with one attached hydrogen (secondary N) is 2. The maximum atomic E-state index is 12.3. The first-order valence-corrected chi connectivity index (χ1v) is 8.66. The Morgan fingerprint density at radius 3 is 2.15 bits per heavy atom. The van der Waals surface area contributed by atoms with Crippen molar-refractivity contribution in [2.45, 2.75) is 13.0 Å². The van der Waals surface area contributed by atoms with E-state index in [1.165, 1.54) is 12.4 Å². The summed E-state index contributed by atoms with van der Waals surface area (Å²) in [5, 5.41) is 5.66. The lowest BCUT2D eigenvalue weighted by Gasteiger charge is -2.08. The number of rotatable bonds is 7. The lowest BCUT2D eigenvalue weighted by Crippen LogP contribution is -2.27. The van der Waals surface area contributed by atoms with Gasteiger partial charge in [0.05, 0.1) is 11.1 Å². The van der Waals surface area contributed by atoms with E-state index in [1.807, 2.05) is 42.5 Å². The largest absolute Gasteiger partial charge is 0.352 e. The third-order valence-corrected chi connectivity index (χ3v) is 4.01. The van der Waals surface area contributed by atoms with E-state index in [9.17, 15) is 9.59 Å². The fourth-order valence-electron chi connectivity index (χ4n) is 2.54. The number of hydrogen-bond acceptors (Lipinski definition) is 4. The molecule has 1 aromatic carbocycles. The Labute approximate surface area is 157 Å². The molecule has 0 atom stereocenters. The summed E-state index contributed by atoms with van der Waals surface area (Å²) in [6, 6.07) is 15.1. The van der Waals surface area contributed by atoms with Crippen LogP contribution in [0.15, 0.2) is 73.3 Å². The zero-order chi connectivity index (χ0) is 18.9. The first-order chi connectivity index (χ1) is 13.2. The van der Waals surface area contributed by atoms with Crippen molar-refractivity contribution in [2.75, 3.05) is 6.54 Å². The Morgan fingerprint density at radius 1 is 0.778 bits per heavy atom. The van der Waals surface area contributed by atoms with E-state index in [2.05, 4.69) is 20.6 Å². The molecule has 0 aliphatic carbocycles. The zero-order valence-corrected chi connectivity index (χ0v) is 14.8. The van der Waals surface area contributed by atoms with E-state index in [1.54, 1.807) is 18.5 Å². The van der Waals surface area contributed by atoms with Crippen LogP contribution < -0.4 is 10.6 Å². The van der Waals surface area contributed by atoms with Crippen LogP contribution in [0, 0.1) is 0 Å². The van der Waals surface area contributed by atoms with Crippen LogP contribution in [0.25, 0.3) is 0 Å². The minimum absolute atomic E-state index is 0.248. The summed E-state index contributed by atoms with van der Waals surface area (Å²) in [6.45, 7) is 0.899. The molecule has 2 heterocycles. The van der Waals surface area contributed by atoms with E-state index in [4.69, 9.17) is 0 Å². The third-order valence-electron chi connectivity index (χ3n) is 4.01. The second-order valence-corrected chi connectivity index (χ2v) is 5.99. The minimum Gasteiger partial charge on any atom is -0.352 e. The summed E-state index contributed by atoms with van der Waals surface area (Å²) in [5.74, 6) is -0.527. The molecule has 2 N–H and O–H groups in total. The highest BCUT2D eigenvalue weighted by atomic mass is 16.2. The molecule has 6 heteroatoms. The molecule has 0 bridgehead atoms. The van der Waals surface area contributed by atoms with Crippen LogP contribution in [0.1, 0.15) is 31.8 Å². The van der Waals surface area contributed by atoms with E-state index in [0.29, 0.717) is 24.2 Å². The predicted octanol–water partition coefficient (Wildman–Crippen LogP) is 2.38. The second-order valence-electron chi connectivity index (χ2n) is 5.99. The number of benzene rings is 1. The molecular formula is C21H20N4O2. The average Bonchev–Trinajstić information content (AvgIpc) is 2.73. The van der Waals surface area contributed by atoms with E-state index < -0.39 is 0 Å². The standard InChI is InChI=1S/C21H20N4O2/c26-20(24-11-8-16-4-2-1-3-5-16)18-12-19(15-23-14-18)21(27)25-13-17-6-9-22-10-7-17/h1-7,9-10,12,14-15H,8,11,13H2,(H,24,26)(H,25,27). The topological polar surface area (TPSA) is 84.0 Å². The number of pyridine rings is 2. The van der Waals surface area contributed by atoms with Gasteiger partial charge in [-0.1, -0.05) is 30.3 Å². The third kappa shape index (κ3) is 5.47. The molecule has 0 spiro atoms. The number of aromatic nitrogens is 2. The van der Waals surface area contributed by atoms with Gasteiger partial charge in [0, 0.05) is 37.9 Å². The van der Waals surface area contributed by atoms with Crippen molar-refractivity contribution in [1.29, 1.82) is 0 Å². The van der Waals surface area contributed by atoms with Crippen LogP contribution in [-0.4, -0.2) is 28.3 Å². The van der Waals surface area contributed by atoms with Crippen LogP contribution in [0.5, 0.6) is 0 Å². The highest BCUT2D eigenvalue weighted by Gasteiger charge is 2.11. The Kier molecular flexibility index (Phi) is 6.25. The summed E-state index contributed by atoms with van der Waals surface area (Å²) in [6.07, 6.45) is 6.99. The molecule has 2 amide bonds. The summed E-state index contributed by atoms with van der Waals surface area (Å²) < 4.78 is 0. The fraction of sp³-hybridized carbons (Fsp3) is 0.143. The van der Waals surface area contributed by atoms with E-state index >= 15 is 0 Å². The highest BCUT2D eigenvalue weighted by Crippen LogP contribution is 2.05. The van der Waals surface area contributed by atoms with Crippen LogP contribution >= 0.6 is 0 Å². The van der Waals surface area contributed by atoms with Crippen LogP contribution in [-0.2, 0) is 13.0 Å². The summed E-state index contributed by atoms with van der Waals surface area (Å²) in [7, 11) is 0. The summed E-state index contributed by atoms with van der Waals surface area (Å²) in [5.41, 5.74) is 2.81. The molecular weight excluding hydrogens is 340 g/mol. The van der Waals surface area contributed by atoms with Gasteiger partial charge in [-0.3, -0.25) is 19.6 Å². The van der Waals surface area contributed by atoms with Gasteiger partial charge in [-0.15, -0.1) is 0 Å². The van der Waals surface area contributed by atoms with Gasteiger partial charge in [-0.2, -0.15) is 0 Å². The zero-order valence-electron chi connectivity index (χ0n) is 14.8. The molecule has 2 aromatic heterocycles. The molecule has 0 unspecified atom stereocenters. The Bertz CT molecular complexity index is 898. The van der Waals surface area contributed by atoms with Gasteiger partial charge >= 0.3 is 0 Å². The number of amides is 2. The van der Waals surface area contributed by atoms with Gasteiger partial charge in [-0.25, -0.2) is 0 Å². The van der Waals surface area contributed by atoms with Crippen LogP contribution in [0.2, 0.25) is 0 Å². The van der Waals surface area contributed by atoms with Crippen molar-refractivity contribution in [3.63, 3.8) is 0 Å². The van der Waals surface area contributed by atoms with Crippen molar-refractivity contribution < 1.29 is 9.59 Å². The number of nitrogens with zero attached hydrogens (tertiary/aromatic N) is 2. The molecule has 0 saturated carbocycles. The summed E-state index contributed by atoms with van der Waals surface area (Å²) in [4.78, 5) is 32.5. The van der Waals surface area contributed by atoms with E-state index in [0.717, 1.165) is 17.5 Å². The van der Waals surface area contributed by atoms with Gasteiger partial charge in [0.15, 0.2) is 0 Å². The van der Waals surface area contributed by atoms with Crippen molar-refractivity contribution >= 4 is 11.8 Å². The van der Waals surface area contributed by atoms with Crippen molar-refractivity contribution in [2.24, 2.45) is 0 Å². The van der Waals surface area contributed by atoms with Crippen LogP contribution in [0.3, 0.4) is 0 Å². The number of carbonyl (C=O) groups excluding carboxylic acids is 2. The lowest BCUT2D eigenvalue weighted by molar-refractivity contribution is 0.0950. The monoisotopic (exact) mass is 360 g/mol. The second kappa shape index (κ2) is 9.24. The SMILES string of the molecule is O=C(NCCc1ccccc1)c1cncc(C(=O)NCc2ccncc2)c1. The van der Waals surface area contributed by atoms with E-state index in [-0.39, 0.29) is 11.8 Å². The maximum Gasteiger partial charge on any atom is 0.253 e. The maximum absolute atomic E-state index is 12.3. The average molecular weight is 360 g/mol. The normalized spacial score (nSPS) is 10.2. The van der Waals surface area contributed by atoms with Crippen molar-refractivity contribution in [3.05, 3.63) is 95.6 Å². The molecule has 0 aliphatic heterocycles. The minimum atomic E-state index is -0.279.